The summed E-state index contributed by atoms with van der Waals surface area (Å²) in [6, 6.07) is 16.7. The molecule has 2 nitrogen and oxygen atoms in total. The van der Waals surface area contributed by atoms with E-state index in [1.165, 1.54) is 16.8 Å². The highest BCUT2D eigenvalue weighted by atomic mass is 32.1. The van der Waals surface area contributed by atoms with Gasteiger partial charge >= 0.3 is 0 Å². The van der Waals surface area contributed by atoms with Crippen molar-refractivity contribution >= 4 is 22.9 Å². The number of anilines is 1. The summed E-state index contributed by atoms with van der Waals surface area (Å²) in [5.41, 5.74) is 10.4. The summed E-state index contributed by atoms with van der Waals surface area (Å²) in [7, 11) is 0. The van der Waals surface area contributed by atoms with Gasteiger partial charge in [-0.15, -0.1) is 0 Å². The number of aryl methyl sites for hydroxylation is 1. The molecule has 104 valence electrons. The molecule has 0 heterocycles. The molecule has 0 amide bonds. The van der Waals surface area contributed by atoms with Crippen LogP contribution in [0.15, 0.2) is 48.5 Å². The first-order valence-corrected chi connectivity index (χ1v) is 7.21. The zero-order valence-corrected chi connectivity index (χ0v) is 12.8. The fourth-order valence-electron chi connectivity index (χ4n) is 2.18. The van der Waals surface area contributed by atoms with Gasteiger partial charge in [0.2, 0.25) is 0 Å². The largest absolute Gasteiger partial charge is 0.389 e. The normalized spacial score (nSPS) is 10.3. The van der Waals surface area contributed by atoms with Gasteiger partial charge in [-0.1, -0.05) is 48.1 Å². The Kier molecular flexibility index (Phi) is 4.74. The van der Waals surface area contributed by atoms with Crippen molar-refractivity contribution in [2.24, 2.45) is 5.73 Å². The molecule has 2 rings (SSSR count). The molecular weight excluding hydrogens is 264 g/mol. The SMILES string of the molecule is CCN(Cc1cccc(C(N)=S)c1)c1ccc(C)cc1. The number of rotatable bonds is 5. The van der Waals surface area contributed by atoms with Crippen LogP contribution in [-0.4, -0.2) is 11.5 Å². The summed E-state index contributed by atoms with van der Waals surface area (Å²) in [6.07, 6.45) is 0. The molecule has 3 heteroatoms. The van der Waals surface area contributed by atoms with Crippen molar-refractivity contribution in [3.63, 3.8) is 0 Å². The second-order valence-electron chi connectivity index (χ2n) is 4.91. The predicted octanol–water partition coefficient (Wildman–Crippen LogP) is 3.66. The first-order valence-electron chi connectivity index (χ1n) is 6.80. The fourth-order valence-corrected chi connectivity index (χ4v) is 2.31. The molecule has 0 bridgehead atoms. The van der Waals surface area contributed by atoms with Crippen LogP contribution in [0.2, 0.25) is 0 Å². The minimum atomic E-state index is 0.449. The van der Waals surface area contributed by atoms with Crippen LogP contribution in [0.1, 0.15) is 23.6 Å². The van der Waals surface area contributed by atoms with Crippen molar-refractivity contribution in [2.75, 3.05) is 11.4 Å². The third kappa shape index (κ3) is 3.58. The molecular formula is C17H20N2S. The zero-order chi connectivity index (χ0) is 14.5. The van der Waals surface area contributed by atoms with E-state index < -0.39 is 0 Å². The average molecular weight is 284 g/mol. The molecule has 0 aliphatic heterocycles. The van der Waals surface area contributed by atoms with Crippen LogP contribution in [-0.2, 0) is 6.54 Å². The maximum absolute atomic E-state index is 5.69. The van der Waals surface area contributed by atoms with E-state index in [-0.39, 0.29) is 0 Å². The summed E-state index contributed by atoms with van der Waals surface area (Å²) in [6.45, 7) is 6.08. The monoisotopic (exact) mass is 284 g/mol. The number of benzene rings is 2. The van der Waals surface area contributed by atoms with E-state index >= 15 is 0 Å². The van der Waals surface area contributed by atoms with E-state index in [4.69, 9.17) is 18.0 Å². The Bertz CT molecular complexity index is 590. The summed E-state index contributed by atoms with van der Waals surface area (Å²) in [5.74, 6) is 0. The molecule has 0 aliphatic carbocycles. The van der Waals surface area contributed by atoms with E-state index in [0.29, 0.717) is 4.99 Å². The Morgan fingerprint density at radius 2 is 1.85 bits per heavy atom. The van der Waals surface area contributed by atoms with Crippen LogP contribution in [0.3, 0.4) is 0 Å². The van der Waals surface area contributed by atoms with Gasteiger partial charge in [-0.05, 0) is 37.6 Å². The predicted molar refractivity (Wildman–Crippen MR) is 90.2 cm³/mol. The Balaban J connectivity index is 2.19. The number of thiocarbonyl (C=S) groups is 1. The summed E-state index contributed by atoms with van der Waals surface area (Å²) in [5, 5.41) is 0. The highest BCUT2D eigenvalue weighted by Gasteiger charge is 2.06. The molecule has 0 saturated heterocycles. The van der Waals surface area contributed by atoms with Gasteiger partial charge in [0.05, 0.1) is 0 Å². The molecule has 0 aliphatic rings. The molecule has 2 aromatic rings. The molecule has 0 saturated carbocycles. The van der Waals surface area contributed by atoms with Crippen molar-refractivity contribution in [3.05, 3.63) is 65.2 Å². The second kappa shape index (κ2) is 6.53. The van der Waals surface area contributed by atoms with Crippen molar-refractivity contribution in [1.82, 2.24) is 0 Å². The minimum Gasteiger partial charge on any atom is -0.389 e. The molecule has 2 N–H and O–H groups in total. The third-order valence-electron chi connectivity index (χ3n) is 3.37. The topological polar surface area (TPSA) is 29.3 Å². The number of nitrogens with zero attached hydrogens (tertiary/aromatic N) is 1. The van der Waals surface area contributed by atoms with Gasteiger partial charge in [0.15, 0.2) is 0 Å². The van der Waals surface area contributed by atoms with E-state index in [1.54, 1.807) is 0 Å². The summed E-state index contributed by atoms with van der Waals surface area (Å²) in [4.78, 5) is 2.78. The lowest BCUT2D eigenvalue weighted by molar-refractivity contribution is 0.831. The lowest BCUT2D eigenvalue weighted by atomic mass is 10.1. The first kappa shape index (κ1) is 14.5. The van der Waals surface area contributed by atoms with Crippen molar-refractivity contribution in [3.8, 4) is 0 Å². The fraction of sp³-hybridized carbons (Fsp3) is 0.235. The van der Waals surface area contributed by atoms with Gasteiger partial charge in [0, 0.05) is 24.3 Å². The second-order valence-corrected chi connectivity index (χ2v) is 5.35. The molecule has 2 aromatic carbocycles. The summed E-state index contributed by atoms with van der Waals surface area (Å²) >= 11 is 5.04. The van der Waals surface area contributed by atoms with Crippen molar-refractivity contribution in [2.45, 2.75) is 20.4 Å². The van der Waals surface area contributed by atoms with Gasteiger partial charge in [-0.25, -0.2) is 0 Å². The first-order chi connectivity index (χ1) is 9.60. The van der Waals surface area contributed by atoms with Gasteiger partial charge in [-0.3, -0.25) is 0 Å². The molecule has 0 radical (unpaired) electrons. The zero-order valence-electron chi connectivity index (χ0n) is 12.0. The van der Waals surface area contributed by atoms with Crippen LogP contribution in [0, 0.1) is 6.92 Å². The lowest BCUT2D eigenvalue weighted by Crippen LogP contribution is -2.22. The third-order valence-corrected chi connectivity index (χ3v) is 3.60. The molecule has 0 atom stereocenters. The average Bonchev–Trinajstić information content (AvgIpc) is 2.46. The Hall–Kier alpha value is -1.87. The molecule has 0 aromatic heterocycles. The van der Waals surface area contributed by atoms with E-state index in [9.17, 15) is 0 Å². The minimum absolute atomic E-state index is 0.449. The van der Waals surface area contributed by atoms with Gasteiger partial charge in [-0.2, -0.15) is 0 Å². The highest BCUT2D eigenvalue weighted by Crippen LogP contribution is 2.18. The van der Waals surface area contributed by atoms with E-state index in [0.717, 1.165) is 18.7 Å². The van der Waals surface area contributed by atoms with Crippen LogP contribution in [0.25, 0.3) is 0 Å². The maximum Gasteiger partial charge on any atom is 0.103 e. The Morgan fingerprint density at radius 1 is 1.15 bits per heavy atom. The van der Waals surface area contributed by atoms with E-state index in [2.05, 4.69) is 55.1 Å². The molecule has 0 spiro atoms. The van der Waals surface area contributed by atoms with Gasteiger partial charge in [0.1, 0.15) is 4.99 Å². The Labute approximate surface area is 126 Å². The van der Waals surface area contributed by atoms with E-state index in [1.807, 2.05) is 12.1 Å². The lowest BCUT2D eigenvalue weighted by Gasteiger charge is -2.23. The van der Waals surface area contributed by atoms with Gasteiger partial charge in [0.25, 0.3) is 0 Å². The maximum atomic E-state index is 5.69. The number of hydrogen-bond donors (Lipinski definition) is 1. The Morgan fingerprint density at radius 3 is 2.45 bits per heavy atom. The van der Waals surface area contributed by atoms with Crippen LogP contribution in [0.5, 0.6) is 0 Å². The molecule has 0 unspecified atom stereocenters. The molecule has 20 heavy (non-hydrogen) atoms. The highest BCUT2D eigenvalue weighted by molar-refractivity contribution is 7.80. The quantitative estimate of drug-likeness (QED) is 0.850. The number of hydrogen-bond acceptors (Lipinski definition) is 2. The van der Waals surface area contributed by atoms with Crippen LogP contribution in [0.4, 0.5) is 5.69 Å². The van der Waals surface area contributed by atoms with Gasteiger partial charge < -0.3 is 10.6 Å². The van der Waals surface area contributed by atoms with Crippen LogP contribution < -0.4 is 10.6 Å². The van der Waals surface area contributed by atoms with Crippen molar-refractivity contribution in [1.29, 1.82) is 0 Å². The standard InChI is InChI=1S/C17H20N2S/c1-3-19(16-9-7-13(2)8-10-16)12-14-5-4-6-15(11-14)17(18)20/h4-11H,3,12H2,1-2H3,(H2,18,20). The van der Waals surface area contributed by atoms with Crippen LogP contribution >= 0.6 is 12.2 Å². The number of nitrogens with two attached hydrogens (primary N) is 1. The smallest absolute Gasteiger partial charge is 0.103 e. The van der Waals surface area contributed by atoms with Crippen molar-refractivity contribution < 1.29 is 0 Å². The summed E-state index contributed by atoms with van der Waals surface area (Å²) < 4.78 is 0. The molecule has 0 fully saturated rings.